The Labute approximate surface area is 158 Å². The largest absolute Gasteiger partial charge is 0.379 e. The summed E-state index contributed by atoms with van der Waals surface area (Å²) < 4.78 is 19.2. The standard InChI is InChI=1S/C18H28BrFN4O/c1-3-21-18(23-13-14(2)24-8-10-25-11-9-24)22-7-6-15-4-5-17(20)16(19)12-15/h4-5,12,14H,3,6-11,13H2,1-2H3,(H2,21,22,23). The molecule has 140 valence electrons. The molecule has 1 aromatic rings. The van der Waals surface area contributed by atoms with Gasteiger partial charge in [-0.25, -0.2) is 4.39 Å². The van der Waals surface area contributed by atoms with Crippen LogP contribution < -0.4 is 10.6 Å². The van der Waals surface area contributed by atoms with E-state index in [1.54, 1.807) is 0 Å². The highest BCUT2D eigenvalue weighted by atomic mass is 79.9. The highest BCUT2D eigenvalue weighted by Crippen LogP contribution is 2.16. The predicted octanol–water partition coefficient (Wildman–Crippen LogP) is 2.41. The summed E-state index contributed by atoms with van der Waals surface area (Å²) in [6.07, 6.45) is 0.808. The number of ether oxygens (including phenoxy) is 1. The molecule has 1 aromatic carbocycles. The van der Waals surface area contributed by atoms with Crippen LogP contribution in [0.15, 0.2) is 27.7 Å². The van der Waals surface area contributed by atoms with E-state index in [1.165, 1.54) is 6.07 Å². The first kappa shape index (κ1) is 20.1. The van der Waals surface area contributed by atoms with Gasteiger partial charge in [0.15, 0.2) is 5.96 Å². The quantitative estimate of drug-likeness (QED) is 0.531. The van der Waals surface area contributed by atoms with Crippen LogP contribution >= 0.6 is 15.9 Å². The molecule has 1 aliphatic heterocycles. The fraction of sp³-hybridized carbons (Fsp3) is 0.611. The Balaban J connectivity index is 1.81. The number of aliphatic imine (C=N–C) groups is 1. The normalized spacial score (nSPS) is 17.4. The summed E-state index contributed by atoms with van der Waals surface area (Å²) in [6.45, 7) is 10.1. The van der Waals surface area contributed by atoms with Crippen molar-refractivity contribution in [3.63, 3.8) is 0 Å². The Morgan fingerprint density at radius 3 is 2.80 bits per heavy atom. The molecule has 2 rings (SSSR count). The molecule has 0 spiro atoms. The highest BCUT2D eigenvalue weighted by Gasteiger charge is 2.16. The summed E-state index contributed by atoms with van der Waals surface area (Å²) in [7, 11) is 0. The number of guanidine groups is 1. The van der Waals surface area contributed by atoms with E-state index in [2.05, 4.69) is 45.3 Å². The van der Waals surface area contributed by atoms with Gasteiger partial charge in [-0.3, -0.25) is 9.89 Å². The molecule has 7 heteroatoms. The van der Waals surface area contributed by atoms with E-state index in [4.69, 9.17) is 9.73 Å². The molecule has 1 fully saturated rings. The molecule has 0 aromatic heterocycles. The second-order valence-electron chi connectivity index (χ2n) is 6.14. The van der Waals surface area contributed by atoms with Gasteiger partial charge in [-0.2, -0.15) is 0 Å². The Kier molecular flexibility index (Phi) is 8.64. The van der Waals surface area contributed by atoms with Gasteiger partial charge in [0, 0.05) is 32.2 Å². The first-order valence-corrected chi connectivity index (χ1v) is 9.67. The fourth-order valence-corrected chi connectivity index (χ4v) is 3.15. The van der Waals surface area contributed by atoms with Crippen LogP contribution in [0.4, 0.5) is 4.39 Å². The highest BCUT2D eigenvalue weighted by molar-refractivity contribution is 9.10. The van der Waals surface area contributed by atoms with Gasteiger partial charge in [-0.1, -0.05) is 6.07 Å². The lowest BCUT2D eigenvalue weighted by Crippen LogP contribution is -2.44. The van der Waals surface area contributed by atoms with Crippen LogP contribution in [0.3, 0.4) is 0 Å². The Morgan fingerprint density at radius 2 is 2.12 bits per heavy atom. The maximum atomic E-state index is 13.3. The number of rotatable bonds is 7. The van der Waals surface area contributed by atoms with Crippen LogP contribution in [0.2, 0.25) is 0 Å². The lowest BCUT2D eigenvalue weighted by Gasteiger charge is -2.31. The van der Waals surface area contributed by atoms with Crippen molar-refractivity contribution >= 4 is 21.9 Å². The van der Waals surface area contributed by atoms with Gasteiger partial charge in [-0.15, -0.1) is 0 Å². The van der Waals surface area contributed by atoms with E-state index < -0.39 is 0 Å². The van der Waals surface area contributed by atoms with Gasteiger partial charge in [0.25, 0.3) is 0 Å². The van der Waals surface area contributed by atoms with E-state index in [0.29, 0.717) is 10.5 Å². The molecule has 1 atom stereocenters. The van der Waals surface area contributed by atoms with E-state index in [-0.39, 0.29) is 5.82 Å². The van der Waals surface area contributed by atoms with E-state index >= 15 is 0 Å². The molecule has 25 heavy (non-hydrogen) atoms. The van der Waals surface area contributed by atoms with E-state index in [1.807, 2.05) is 12.1 Å². The number of nitrogens with one attached hydrogen (secondary N) is 2. The van der Waals surface area contributed by atoms with Crippen LogP contribution in [-0.2, 0) is 11.2 Å². The molecule has 2 N–H and O–H groups in total. The lowest BCUT2D eigenvalue weighted by molar-refractivity contribution is 0.0220. The second-order valence-corrected chi connectivity index (χ2v) is 7.00. The Morgan fingerprint density at radius 1 is 1.36 bits per heavy atom. The van der Waals surface area contributed by atoms with Gasteiger partial charge in [-0.05, 0) is 53.9 Å². The zero-order chi connectivity index (χ0) is 18.1. The first-order chi connectivity index (χ1) is 12.1. The number of hydrogen-bond donors (Lipinski definition) is 2. The van der Waals surface area contributed by atoms with Gasteiger partial charge < -0.3 is 15.4 Å². The number of benzene rings is 1. The summed E-state index contributed by atoms with van der Waals surface area (Å²) in [5.74, 6) is 0.590. The third-order valence-electron chi connectivity index (χ3n) is 4.22. The third kappa shape index (κ3) is 6.92. The van der Waals surface area contributed by atoms with Crippen molar-refractivity contribution < 1.29 is 9.13 Å². The van der Waals surface area contributed by atoms with Gasteiger partial charge in [0.2, 0.25) is 0 Å². The molecule has 0 aliphatic carbocycles. The molecule has 0 radical (unpaired) electrons. The first-order valence-electron chi connectivity index (χ1n) is 8.88. The smallest absolute Gasteiger partial charge is 0.191 e. The van der Waals surface area contributed by atoms with Crippen LogP contribution in [-0.4, -0.2) is 62.8 Å². The maximum Gasteiger partial charge on any atom is 0.191 e. The van der Waals surface area contributed by atoms with Crippen molar-refractivity contribution in [3.8, 4) is 0 Å². The number of halogens is 2. The Bertz CT molecular complexity index is 564. The fourth-order valence-electron chi connectivity index (χ4n) is 2.72. The molecule has 5 nitrogen and oxygen atoms in total. The zero-order valence-electron chi connectivity index (χ0n) is 15.0. The number of nitrogens with zero attached hydrogens (tertiary/aromatic N) is 2. The minimum Gasteiger partial charge on any atom is -0.379 e. The molecule has 0 bridgehead atoms. The van der Waals surface area contributed by atoms with Crippen molar-refractivity contribution in [3.05, 3.63) is 34.1 Å². The van der Waals surface area contributed by atoms with Crippen LogP contribution in [0.25, 0.3) is 0 Å². The maximum absolute atomic E-state index is 13.3. The zero-order valence-corrected chi connectivity index (χ0v) is 16.6. The van der Waals surface area contributed by atoms with Crippen molar-refractivity contribution in [2.45, 2.75) is 26.3 Å². The summed E-state index contributed by atoms with van der Waals surface area (Å²) in [5, 5.41) is 6.62. The molecule has 1 saturated heterocycles. The third-order valence-corrected chi connectivity index (χ3v) is 4.82. The topological polar surface area (TPSA) is 48.9 Å². The van der Waals surface area contributed by atoms with Gasteiger partial charge in [0.1, 0.15) is 5.82 Å². The van der Waals surface area contributed by atoms with Gasteiger partial charge in [0.05, 0.1) is 24.2 Å². The van der Waals surface area contributed by atoms with Crippen LogP contribution in [0.1, 0.15) is 19.4 Å². The number of hydrogen-bond acceptors (Lipinski definition) is 3. The average molecular weight is 415 g/mol. The molecule has 1 unspecified atom stereocenters. The predicted molar refractivity (Wildman–Crippen MR) is 104 cm³/mol. The lowest BCUT2D eigenvalue weighted by atomic mass is 10.1. The summed E-state index contributed by atoms with van der Waals surface area (Å²) in [6, 6.07) is 5.52. The molecule has 1 aliphatic rings. The monoisotopic (exact) mass is 414 g/mol. The SMILES string of the molecule is CCNC(=NCC(C)N1CCOCC1)NCCc1ccc(F)c(Br)c1. The van der Waals surface area contributed by atoms with Crippen molar-refractivity contribution in [1.29, 1.82) is 0 Å². The van der Waals surface area contributed by atoms with Gasteiger partial charge >= 0.3 is 0 Å². The van der Waals surface area contributed by atoms with E-state index in [0.717, 1.165) is 63.9 Å². The van der Waals surface area contributed by atoms with E-state index in [9.17, 15) is 4.39 Å². The minimum absolute atomic E-state index is 0.233. The van der Waals surface area contributed by atoms with Crippen molar-refractivity contribution in [2.24, 2.45) is 4.99 Å². The molecule has 1 heterocycles. The molecular weight excluding hydrogens is 387 g/mol. The summed E-state index contributed by atoms with van der Waals surface area (Å²) in [5.41, 5.74) is 1.08. The minimum atomic E-state index is -0.233. The Hall–Kier alpha value is -1.18. The van der Waals surface area contributed by atoms with Crippen molar-refractivity contribution in [2.75, 3.05) is 45.9 Å². The average Bonchev–Trinajstić information content (AvgIpc) is 2.63. The molecule has 0 saturated carbocycles. The number of morpholine rings is 1. The van der Waals surface area contributed by atoms with Crippen LogP contribution in [0.5, 0.6) is 0 Å². The summed E-state index contributed by atoms with van der Waals surface area (Å²) in [4.78, 5) is 7.10. The summed E-state index contributed by atoms with van der Waals surface area (Å²) >= 11 is 3.23. The molecule has 0 amide bonds. The van der Waals surface area contributed by atoms with Crippen LogP contribution in [0, 0.1) is 5.82 Å². The molecular formula is C18H28BrFN4O. The van der Waals surface area contributed by atoms with Crippen molar-refractivity contribution in [1.82, 2.24) is 15.5 Å². The second kappa shape index (κ2) is 10.7.